The van der Waals surface area contributed by atoms with Crippen LogP contribution in [0.25, 0.3) is 5.78 Å². The van der Waals surface area contributed by atoms with Gasteiger partial charge in [-0.1, -0.05) is 12.1 Å². The third-order valence-electron chi connectivity index (χ3n) is 4.78. The number of hydrogen-bond donors (Lipinski definition) is 0. The van der Waals surface area contributed by atoms with Gasteiger partial charge in [-0.2, -0.15) is 27.8 Å². The molecular formula is C18H18F3N5. The Morgan fingerprint density at radius 1 is 1.12 bits per heavy atom. The van der Waals surface area contributed by atoms with Crippen molar-refractivity contribution in [3.05, 3.63) is 53.5 Å². The molecule has 0 saturated carbocycles. The molecule has 0 spiro atoms. The van der Waals surface area contributed by atoms with E-state index in [1.165, 1.54) is 6.33 Å². The van der Waals surface area contributed by atoms with Crippen LogP contribution < -0.4 is 4.90 Å². The van der Waals surface area contributed by atoms with E-state index >= 15 is 0 Å². The highest BCUT2D eigenvalue weighted by Gasteiger charge is 2.31. The number of halogens is 3. The lowest BCUT2D eigenvalue weighted by Gasteiger charge is -2.37. The Balaban J connectivity index is 1.74. The second-order valence-electron chi connectivity index (χ2n) is 6.55. The number of anilines is 1. The van der Waals surface area contributed by atoms with E-state index in [1.807, 2.05) is 13.0 Å². The standard InChI is InChI=1S/C18H18F3N5/c1-12-10-16(26-17(24-12)22-11-23-26)25-9-3-2-4-15(25)13-5-7-14(8-6-13)18(19,20)21/h5-8,10-11,15H,2-4,9H2,1H3/t15-/m1/s1. The van der Waals surface area contributed by atoms with Crippen molar-refractivity contribution in [2.24, 2.45) is 0 Å². The highest BCUT2D eigenvalue weighted by atomic mass is 19.4. The predicted molar refractivity (Wildman–Crippen MR) is 90.9 cm³/mol. The van der Waals surface area contributed by atoms with Crippen LogP contribution in [0.4, 0.5) is 19.0 Å². The van der Waals surface area contributed by atoms with Gasteiger partial charge in [0.1, 0.15) is 12.1 Å². The first-order valence-electron chi connectivity index (χ1n) is 8.55. The summed E-state index contributed by atoms with van der Waals surface area (Å²) in [4.78, 5) is 10.7. The van der Waals surface area contributed by atoms with E-state index < -0.39 is 11.7 Å². The fourth-order valence-electron chi connectivity index (χ4n) is 3.56. The lowest BCUT2D eigenvalue weighted by atomic mass is 9.94. The highest BCUT2D eigenvalue weighted by Crippen LogP contribution is 2.36. The molecule has 1 aromatic carbocycles. The predicted octanol–water partition coefficient (Wildman–Crippen LogP) is 4.18. The molecular weight excluding hydrogens is 343 g/mol. The first-order valence-corrected chi connectivity index (χ1v) is 8.55. The van der Waals surface area contributed by atoms with Gasteiger partial charge in [-0.3, -0.25) is 0 Å². The molecule has 0 unspecified atom stereocenters. The maximum absolute atomic E-state index is 12.9. The quantitative estimate of drug-likeness (QED) is 0.687. The summed E-state index contributed by atoms with van der Waals surface area (Å²) in [6.07, 6.45) is 0.0760. The van der Waals surface area contributed by atoms with Gasteiger partial charge in [0.25, 0.3) is 5.78 Å². The summed E-state index contributed by atoms with van der Waals surface area (Å²) in [5.74, 6) is 1.39. The minimum atomic E-state index is -4.32. The third kappa shape index (κ3) is 3.00. The van der Waals surface area contributed by atoms with Crippen molar-refractivity contribution in [2.45, 2.75) is 38.4 Å². The van der Waals surface area contributed by atoms with Gasteiger partial charge in [0, 0.05) is 18.3 Å². The molecule has 0 aliphatic carbocycles. The van der Waals surface area contributed by atoms with Crippen LogP contribution in [0.2, 0.25) is 0 Å². The molecule has 0 radical (unpaired) electrons. The zero-order chi connectivity index (χ0) is 18.3. The number of piperidine rings is 1. The smallest absolute Gasteiger partial charge is 0.349 e. The topological polar surface area (TPSA) is 46.3 Å². The Hall–Kier alpha value is -2.64. The Labute approximate surface area is 148 Å². The van der Waals surface area contributed by atoms with E-state index in [4.69, 9.17) is 0 Å². The summed E-state index contributed by atoms with van der Waals surface area (Å²) in [7, 11) is 0. The van der Waals surface area contributed by atoms with E-state index in [0.717, 1.165) is 55.0 Å². The van der Waals surface area contributed by atoms with E-state index in [-0.39, 0.29) is 6.04 Å². The highest BCUT2D eigenvalue weighted by molar-refractivity contribution is 5.50. The van der Waals surface area contributed by atoms with Crippen molar-refractivity contribution in [3.8, 4) is 0 Å². The maximum atomic E-state index is 12.9. The number of rotatable bonds is 2. The van der Waals surface area contributed by atoms with Crippen LogP contribution in [-0.4, -0.2) is 26.1 Å². The third-order valence-corrected chi connectivity index (χ3v) is 4.78. The van der Waals surface area contributed by atoms with E-state index in [1.54, 1.807) is 16.6 Å². The molecule has 5 nitrogen and oxygen atoms in total. The minimum Gasteiger partial charge on any atom is -0.349 e. The van der Waals surface area contributed by atoms with Crippen LogP contribution >= 0.6 is 0 Å². The van der Waals surface area contributed by atoms with Crippen LogP contribution in [0.3, 0.4) is 0 Å². The van der Waals surface area contributed by atoms with Gasteiger partial charge >= 0.3 is 6.18 Å². The zero-order valence-corrected chi connectivity index (χ0v) is 14.2. The van der Waals surface area contributed by atoms with Gasteiger partial charge in [0.15, 0.2) is 0 Å². The monoisotopic (exact) mass is 361 g/mol. The second-order valence-corrected chi connectivity index (χ2v) is 6.55. The minimum absolute atomic E-state index is 0.000216. The van der Waals surface area contributed by atoms with E-state index in [2.05, 4.69) is 20.0 Å². The molecule has 1 fully saturated rings. The molecule has 0 amide bonds. The number of hydrogen-bond acceptors (Lipinski definition) is 4. The molecule has 3 heterocycles. The van der Waals surface area contributed by atoms with Gasteiger partial charge in [0.2, 0.25) is 0 Å². The summed E-state index contributed by atoms with van der Waals surface area (Å²) in [5.41, 5.74) is 1.08. The molecule has 26 heavy (non-hydrogen) atoms. The molecule has 1 aliphatic rings. The fraction of sp³-hybridized carbons (Fsp3) is 0.389. The molecule has 1 saturated heterocycles. The van der Waals surface area contributed by atoms with Crippen LogP contribution in [0.1, 0.15) is 42.1 Å². The number of aromatic nitrogens is 4. The number of aryl methyl sites for hydroxylation is 1. The van der Waals surface area contributed by atoms with Gasteiger partial charge < -0.3 is 4.90 Å². The molecule has 0 bridgehead atoms. The zero-order valence-electron chi connectivity index (χ0n) is 14.2. The van der Waals surface area contributed by atoms with E-state index in [0.29, 0.717) is 5.78 Å². The SMILES string of the molecule is Cc1cc(N2CCCC[C@@H]2c2ccc(C(F)(F)F)cc2)n2ncnc2n1. The average Bonchev–Trinajstić information content (AvgIpc) is 3.09. The molecule has 4 rings (SSSR count). The Kier molecular flexibility index (Phi) is 4.05. The molecule has 136 valence electrons. The summed E-state index contributed by atoms with van der Waals surface area (Å²) in [6, 6.07) is 7.43. The first kappa shape index (κ1) is 16.8. The molecule has 1 aliphatic heterocycles. The van der Waals surface area contributed by atoms with Crippen LogP contribution in [0.15, 0.2) is 36.7 Å². The van der Waals surface area contributed by atoms with Crippen molar-refractivity contribution in [1.82, 2.24) is 19.6 Å². The Morgan fingerprint density at radius 3 is 2.62 bits per heavy atom. The molecule has 0 N–H and O–H groups in total. The lowest BCUT2D eigenvalue weighted by molar-refractivity contribution is -0.137. The molecule has 3 aromatic rings. The van der Waals surface area contributed by atoms with Crippen molar-refractivity contribution in [1.29, 1.82) is 0 Å². The van der Waals surface area contributed by atoms with Crippen LogP contribution in [0.5, 0.6) is 0 Å². The van der Waals surface area contributed by atoms with Crippen molar-refractivity contribution in [2.75, 3.05) is 11.4 Å². The fourth-order valence-corrected chi connectivity index (χ4v) is 3.56. The van der Waals surface area contributed by atoms with Gasteiger partial charge in [0.05, 0.1) is 11.6 Å². The van der Waals surface area contributed by atoms with Crippen LogP contribution in [-0.2, 0) is 6.18 Å². The number of nitrogens with zero attached hydrogens (tertiary/aromatic N) is 5. The summed E-state index contributed by atoms with van der Waals surface area (Å²) in [6.45, 7) is 2.71. The lowest BCUT2D eigenvalue weighted by Crippen LogP contribution is -2.35. The Bertz CT molecular complexity index is 917. The molecule has 1 atom stereocenters. The number of benzene rings is 1. The summed E-state index contributed by atoms with van der Waals surface area (Å²) in [5, 5.41) is 4.26. The van der Waals surface area contributed by atoms with Crippen molar-refractivity contribution < 1.29 is 13.2 Å². The largest absolute Gasteiger partial charge is 0.416 e. The van der Waals surface area contributed by atoms with E-state index in [9.17, 15) is 13.2 Å². The molecule has 2 aromatic heterocycles. The van der Waals surface area contributed by atoms with Gasteiger partial charge in [-0.05, 0) is 43.9 Å². The summed E-state index contributed by atoms with van der Waals surface area (Å²) >= 11 is 0. The Morgan fingerprint density at radius 2 is 1.88 bits per heavy atom. The second kappa shape index (κ2) is 6.26. The summed E-state index contributed by atoms with van der Waals surface area (Å²) < 4.78 is 40.2. The average molecular weight is 361 g/mol. The van der Waals surface area contributed by atoms with Gasteiger partial charge in [-0.25, -0.2) is 4.98 Å². The van der Waals surface area contributed by atoms with Crippen molar-refractivity contribution in [3.63, 3.8) is 0 Å². The first-order chi connectivity index (χ1) is 12.4. The number of alkyl halides is 3. The van der Waals surface area contributed by atoms with Crippen molar-refractivity contribution >= 4 is 11.6 Å². The molecule has 8 heteroatoms. The van der Waals surface area contributed by atoms with Gasteiger partial charge in [-0.15, -0.1) is 0 Å². The maximum Gasteiger partial charge on any atom is 0.416 e. The van der Waals surface area contributed by atoms with Crippen LogP contribution in [0, 0.1) is 6.92 Å². The number of fused-ring (bicyclic) bond motifs is 1. The normalized spacial score (nSPS) is 18.5.